The van der Waals surface area contributed by atoms with Crippen LogP contribution in [0.4, 0.5) is 0 Å². The molecule has 2 aromatic heterocycles. The summed E-state index contributed by atoms with van der Waals surface area (Å²) in [5, 5.41) is 38.1. The van der Waals surface area contributed by atoms with E-state index in [2.05, 4.69) is 4.98 Å². The zero-order chi connectivity index (χ0) is 15.1. The second kappa shape index (κ2) is 5.20. The molecule has 2 aromatic rings. The Morgan fingerprint density at radius 1 is 1.29 bits per heavy atom. The summed E-state index contributed by atoms with van der Waals surface area (Å²) in [6, 6.07) is 1.50. The maximum Gasteiger partial charge on any atom is 0.353 e. The lowest BCUT2D eigenvalue weighted by Crippen LogP contribution is -2.35. The highest BCUT2D eigenvalue weighted by molar-refractivity contribution is 5.72. The fourth-order valence-corrected chi connectivity index (χ4v) is 2.35. The highest BCUT2D eigenvalue weighted by Crippen LogP contribution is 2.29. The Hall–Kier alpha value is -1.78. The van der Waals surface area contributed by atoms with Crippen molar-refractivity contribution in [1.82, 2.24) is 9.55 Å². The van der Waals surface area contributed by atoms with Gasteiger partial charge in [-0.25, -0.2) is 4.79 Å². The molecule has 9 heteroatoms. The van der Waals surface area contributed by atoms with E-state index in [1.54, 1.807) is 0 Å². The average Bonchev–Trinajstić information content (AvgIpc) is 3.00. The third-order valence-electron chi connectivity index (χ3n) is 3.43. The second-order valence-corrected chi connectivity index (χ2v) is 4.79. The second-order valence-electron chi connectivity index (χ2n) is 4.79. The smallest absolute Gasteiger partial charge is 0.353 e. The zero-order valence-corrected chi connectivity index (χ0v) is 10.8. The van der Waals surface area contributed by atoms with E-state index in [9.17, 15) is 15.0 Å². The van der Waals surface area contributed by atoms with Crippen molar-refractivity contribution in [3.05, 3.63) is 28.5 Å². The van der Waals surface area contributed by atoms with E-state index >= 15 is 0 Å². The molecule has 0 radical (unpaired) electrons. The lowest BCUT2D eigenvalue weighted by atomic mass is 10.1. The normalized spacial score (nSPS) is 29.3. The summed E-state index contributed by atoms with van der Waals surface area (Å²) in [4.78, 5) is 15.7. The molecule has 9 nitrogen and oxygen atoms in total. The number of hydrogen-bond donors (Lipinski definition) is 4. The minimum atomic E-state index is -1.37. The molecule has 0 bridgehead atoms. The van der Waals surface area contributed by atoms with Gasteiger partial charge in [-0.1, -0.05) is 0 Å². The first kappa shape index (κ1) is 14.2. The van der Waals surface area contributed by atoms with E-state index in [0.29, 0.717) is 5.39 Å². The number of hydrogen-bond acceptors (Lipinski definition) is 8. The first-order valence-corrected chi connectivity index (χ1v) is 6.30. The standard InChI is InChI=1S/C12H14N2O7/c15-3-6-1-5-2-14(12(19)13-10(5)20-6)11-9(18)8(17)7(4-16)21-11/h1-2,7-9,11,15-18H,3-4H2/t7-,8-,9-,11-/m1/s1. The molecule has 114 valence electrons. The van der Waals surface area contributed by atoms with Crippen molar-refractivity contribution < 1.29 is 29.6 Å². The van der Waals surface area contributed by atoms with Crippen LogP contribution in [-0.4, -0.2) is 54.9 Å². The zero-order valence-electron chi connectivity index (χ0n) is 10.8. The average molecular weight is 298 g/mol. The van der Waals surface area contributed by atoms with Gasteiger partial charge in [0.25, 0.3) is 0 Å². The van der Waals surface area contributed by atoms with E-state index in [1.807, 2.05) is 0 Å². The van der Waals surface area contributed by atoms with Crippen molar-refractivity contribution in [3.8, 4) is 0 Å². The number of fused-ring (bicyclic) bond motifs is 1. The molecule has 3 rings (SSSR count). The summed E-state index contributed by atoms with van der Waals surface area (Å²) in [7, 11) is 0. The van der Waals surface area contributed by atoms with Gasteiger partial charge in [0.15, 0.2) is 6.23 Å². The molecule has 0 amide bonds. The molecule has 1 aliphatic heterocycles. The lowest BCUT2D eigenvalue weighted by molar-refractivity contribution is -0.0547. The summed E-state index contributed by atoms with van der Waals surface area (Å²) < 4.78 is 11.4. The Kier molecular flexibility index (Phi) is 3.51. The maximum atomic E-state index is 12.0. The third kappa shape index (κ3) is 2.24. The largest absolute Gasteiger partial charge is 0.440 e. The summed E-state index contributed by atoms with van der Waals surface area (Å²) >= 11 is 0. The maximum absolute atomic E-state index is 12.0. The molecular formula is C12H14N2O7. The first-order valence-electron chi connectivity index (χ1n) is 6.30. The van der Waals surface area contributed by atoms with Crippen LogP contribution in [0.3, 0.4) is 0 Å². The molecule has 0 aliphatic carbocycles. The van der Waals surface area contributed by atoms with Crippen LogP contribution in [0.2, 0.25) is 0 Å². The minimum Gasteiger partial charge on any atom is -0.440 e. The van der Waals surface area contributed by atoms with Crippen LogP contribution in [0.5, 0.6) is 0 Å². The molecule has 4 atom stereocenters. The molecule has 21 heavy (non-hydrogen) atoms. The highest BCUT2D eigenvalue weighted by atomic mass is 16.6. The van der Waals surface area contributed by atoms with Gasteiger partial charge in [-0.2, -0.15) is 4.98 Å². The van der Waals surface area contributed by atoms with Crippen LogP contribution in [0.25, 0.3) is 11.1 Å². The molecule has 3 heterocycles. The van der Waals surface area contributed by atoms with Crippen LogP contribution in [0, 0.1) is 0 Å². The molecule has 0 saturated carbocycles. The quantitative estimate of drug-likeness (QED) is 0.515. The Morgan fingerprint density at radius 2 is 2.05 bits per heavy atom. The fraction of sp³-hybridized carbons (Fsp3) is 0.500. The number of ether oxygens (including phenoxy) is 1. The Labute approximate surface area is 117 Å². The van der Waals surface area contributed by atoms with Gasteiger partial charge < -0.3 is 29.6 Å². The number of nitrogens with zero attached hydrogens (tertiary/aromatic N) is 2. The number of aliphatic hydroxyl groups excluding tert-OH is 4. The van der Waals surface area contributed by atoms with Crippen molar-refractivity contribution in [3.63, 3.8) is 0 Å². The third-order valence-corrected chi connectivity index (χ3v) is 3.43. The van der Waals surface area contributed by atoms with Gasteiger partial charge in [-0.3, -0.25) is 4.57 Å². The number of furan rings is 1. The number of aromatic nitrogens is 2. The lowest BCUT2D eigenvalue weighted by Gasteiger charge is -2.16. The van der Waals surface area contributed by atoms with Gasteiger partial charge in [-0.15, -0.1) is 0 Å². The fourth-order valence-electron chi connectivity index (χ4n) is 2.35. The Balaban J connectivity index is 2.04. The van der Waals surface area contributed by atoms with Gasteiger partial charge in [-0.05, 0) is 6.07 Å². The van der Waals surface area contributed by atoms with Gasteiger partial charge >= 0.3 is 5.69 Å². The number of rotatable bonds is 3. The van der Waals surface area contributed by atoms with E-state index in [1.165, 1.54) is 12.3 Å². The van der Waals surface area contributed by atoms with Gasteiger partial charge in [0.1, 0.15) is 30.7 Å². The van der Waals surface area contributed by atoms with Crippen molar-refractivity contribution in [2.24, 2.45) is 0 Å². The molecular weight excluding hydrogens is 284 g/mol. The van der Waals surface area contributed by atoms with E-state index in [4.69, 9.17) is 19.4 Å². The van der Waals surface area contributed by atoms with Gasteiger partial charge in [0.05, 0.1) is 12.0 Å². The first-order chi connectivity index (χ1) is 10.0. The summed E-state index contributed by atoms with van der Waals surface area (Å²) in [6.45, 7) is -0.822. The Morgan fingerprint density at radius 3 is 2.67 bits per heavy atom. The van der Waals surface area contributed by atoms with Crippen LogP contribution >= 0.6 is 0 Å². The monoisotopic (exact) mass is 298 g/mol. The topological polar surface area (TPSA) is 138 Å². The summed E-state index contributed by atoms with van der Waals surface area (Å²) in [6.07, 6.45) is -3.46. The van der Waals surface area contributed by atoms with Crippen LogP contribution < -0.4 is 5.69 Å². The van der Waals surface area contributed by atoms with E-state index < -0.39 is 36.8 Å². The van der Waals surface area contributed by atoms with Crippen LogP contribution in [-0.2, 0) is 11.3 Å². The van der Waals surface area contributed by atoms with Crippen molar-refractivity contribution in [1.29, 1.82) is 0 Å². The molecule has 0 spiro atoms. The molecule has 4 N–H and O–H groups in total. The van der Waals surface area contributed by atoms with Crippen molar-refractivity contribution in [2.75, 3.05) is 6.61 Å². The van der Waals surface area contributed by atoms with Crippen LogP contribution in [0.1, 0.15) is 12.0 Å². The van der Waals surface area contributed by atoms with Crippen LogP contribution in [0.15, 0.2) is 21.5 Å². The minimum absolute atomic E-state index is 0.0621. The molecule has 1 aliphatic rings. The Bertz CT molecular complexity index is 709. The van der Waals surface area contributed by atoms with Gasteiger partial charge in [0, 0.05) is 6.20 Å². The SMILES string of the molecule is O=c1nc2oc(CO)cc2cn1[C@@H]1O[C@H](CO)[C@@H](O)[C@H]1O. The predicted octanol–water partition coefficient (Wildman–Crippen LogP) is -1.91. The molecule has 1 saturated heterocycles. The highest BCUT2D eigenvalue weighted by Gasteiger charge is 2.43. The summed E-state index contributed by atoms with van der Waals surface area (Å²) in [5.74, 6) is 0.246. The molecule has 1 fully saturated rings. The number of aliphatic hydroxyl groups is 4. The van der Waals surface area contributed by atoms with Crippen molar-refractivity contribution in [2.45, 2.75) is 31.1 Å². The molecule has 0 unspecified atom stereocenters. The van der Waals surface area contributed by atoms with Gasteiger partial charge in [0.2, 0.25) is 5.71 Å². The van der Waals surface area contributed by atoms with Crippen molar-refractivity contribution >= 4 is 11.1 Å². The van der Waals surface area contributed by atoms with E-state index in [0.717, 1.165) is 4.57 Å². The van der Waals surface area contributed by atoms with E-state index in [-0.39, 0.29) is 18.1 Å². The summed E-state index contributed by atoms with van der Waals surface area (Å²) in [5.41, 5.74) is -0.678. The predicted molar refractivity (Wildman–Crippen MR) is 67.2 cm³/mol. The molecule has 0 aromatic carbocycles.